The SMILES string of the molecule is CCNC(=NCC(C)Cc1cccs1)N1CCC(N2CCCC2)C1. The lowest BCUT2D eigenvalue weighted by molar-refractivity contribution is 0.249. The molecule has 0 saturated carbocycles. The zero-order valence-electron chi connectivity index (χ0n) is 15.2. The molecule has 1 aromatic rings. The minimum Gasteiger partial charge on any atom is -0.357 e. The number of thiophene rings is 1. The number of guanidine groups is 1. The Labute approximate surface area is 150 Å². The van der Waals surface area contributed by atoms with Crippen LogP contribution < -0.4 is 5.32 Å². The Hall–Kier alpha value is -1.07. The maximum absolute atomic E-state index is 4.95. The number of rotatable bonds is 6. The first-order valence-electron chi connectivity index (χ1n) is 9.56. The molecule has 0 aromatic carbocycles. The van der Waals surface area contributed by atoms with Gasteiger partial charge in [0.1, 0.15) is 0 Å². The molecular formula is C19H32N4S. The molecule has 4 nitrogen and oxygen atoms in total. The molecule has 2 saturated heterocycles. The molecule has 0 amide bonds. The maximum atomic E-state index is 4.95. The van der Waals surface area contributed by atoms with E-state index in [0.29, 0.717) is 5.92 Å². The highest BCUT2D eigenvalue weighted by Crippen LogP contribution is 2.21. The fraction of sp³-hybridized carbons (Fsp3) is 0.737. The Morgan fingerprint density at radius 3 is 2.92 bits per heavy atom. The van der Waals surface area contributed by atoms with Crippen molar-refractivity contribution in [3.05, 3.63) is 22.4 Å². The first-order valence-corrected chi connectivity index (χ1v) is 10.4. The highest BCUT2D eigenvalue weighted by atomic mass is 32.1. The van der Waals surface area contributed by atoms with E-state index in [1.165, 1.54) is 37.2 Å². The van der Waals surface area contributed by atoms with E-state index in [0.717, 1.165) is 44.6 Å². The number of nitrogens with zero attached hydrogens (tertiary/aromatic N) is 3. The van der Waals surface area contributed by atoms with Gasteiger partial charge in [-0.15, -0.1) is 11.3 Å². The van der Waals surface area contributed by atoms with E-state index in [1.807, 2.05) is 11.3 Å². The Balaban J connectivity index is 1.53. The molecule has 134 valence electrons. The molecule has 1 aromatic heterocycles. The topological polar surface area (TPSA) is 30.9 Å². The zero-order chi connectivity index (χ0) is 16.8. The predicted octanol–water partition coefficient (Wildman–Crippen LogP) is 3.06. The molecule has 0 bridgehead atoms. The molecule has 1 N–H and O–H groups in total. The summed E-state index contributed by atoms with van der Waals surface area (Å²) in [5.74, 6) is 1.71. The second-order valence-corrected chi connectivity index (χ2v) is 8.25. The minimum absolute atomic E-state index is 0.592. The van der Waals surface area contributed by atoms with Crippen LogP contribution in [0.25, 0.3) is 0 Å². The fourth-order valence-electron chi connectivity index (χ4n) is 3.84. The number of aliphatic imine (C=N–C) groups is 1. The van der Waals surface area contributed by atoms with E-state index >= 15 is 0 Å². The van der Waals surface area contributed by atoms with Crippen LogP contribution in [0.4, 0.5) is 0 Å². The van der Waals surface area contributed by atoms with Crippen molar-refractivity contribution in [3.63, 3.8) is 0 Å². The maximum Gasteiger partial charge on any atom is 0.193 e. The summed E-state index contributed by atoms with van der Waals surface area (Å²) in [6, 6.07) is 5.11. The second-order valence-electron chi connectivity index (χ2n) is 7.21. The standard InChI is InChI=1S/C19H32N4S/c1-3-20-19(21-14-16(2)13-18-7-6-12-24-18)23-11-8-17(15-23)22-9-4-5-10-22/h6-7,12,16-17H,3-5,8-11,13-15H2,1-2H3,(H,20,21). The van der Waals surface area contributed by atoms with Gasteiger partial charge in [0, 0.05) is 37.1 Å². The van der Waals surface area contributed by atoms with Gasteiger partial charge in [0.25, 0.3) is 0 Å². The van der Waals surface area contributed by atoms with Gasteiger partial charge in [-0.2, -0.15) is 0 Å². The number of likely N-dealkylation sites (tertiary alicyclic amines) is 2. The Kier molecular flexibility index (Phi) is 6.55. The summed E-state index contributed by atoms with van der Waals surface area (Å²) in [4.78, 5) is 11.6. The van der Waals surface area contributed by atoms with E-state index < -0.39 is 0 Å². The Morgan fingerprint density at radius 2 is 2.21 bits per heavy atom. The highest BCUT2D eigenvalue weighted by Gasteiger charge is 2.30. The van der Waals surface area contributed by atoms with Crippen LogP contribution in [0.1, 0.15) is 38.0 Å². The van der Waals surface area contributed by atoms with E-state index in [-0.39, 0.29) is 0 Å². The van der Waals surface area contributed by atoms with Crippen molar-refractivity contribution in [2.45, 2.75) is 45.6 Å². The summed E-state index contributed by atoms with van der Waals surface area (Å²) < 4.78 is 0. The number of hydrogen-bond acceptors (Lipinski definition) is 3. The van der Waals surface area contributed by atoms with Crippen molar-refractivity contribution in [3.8, 4) is 0 Å². The molecule has 2 fully saturated rings. The third kappa shape index (κ3) is 4.73. The van der Waals surface area contributed by atoms with Crippen molar-refractivity contribution in [1.82, 2.24) is 15.1 Å². The molecule has 3 rings (SSSR count). The van der Waals surface area contributed by atoms with Gasteiger partial charge in [0.05, 0.1) is 0 Å². The molecular weight excluding hydrogens is 316 g/mol. The summed E-state index contributed by atoms with van der Waals surface area (Å²) in [5.41, 5.74) is 0. The molecule has 3 heterocycles. The van der Waals surface area contributed by atoms with E-state index in [1.54, 1.807) is 0 Å². The first-order chi connectivity index (χ1) is 11.8. The monoisotopic (exact) mass is 348 g/mol. The lowest BCUT2D eigenvalue weighted by atomic mass is 10.1. The van der Waals surface area contributed by atoms with Gasteiger partial charge in [-0.1, -0.05) is 13.0 Å². The second kappa shape index (κ2) is 8.86. The van der Waals surface area contributed by atoms with E-state index in [9.17, 15) is 0 Å². The zero-order valence-corrected chi connectivity index (χ0v) is 16.0. The van der Waals surface area contributed by atoms with Gasteiger partial charge in [0.2, 0.25) is 0 Å². The first kappa shape index (κ1) is 17.7. The van der Waals surface area contributed by atoms with E-state index in [4.69, 9.17) is 4.99 Å². The third-order valence-electron chi connectivity index (χ3n) is 5.14. The molecule has 2 aliphatic heterocycles. The summed E-state index contributed by atoms with van der Waals surface area (Å²) in [5, 5.41) is 5.67. The predicted molar refractivity (Wildman–Crippen MR) is 104 cm³/mol. The summed E-state index contributed by atoms with van der Waals surface area (Å²) >= 11 is 1.86. The van der Waals surface area contributed by atoms with Gasteiger partial charge in [-0.05, 0) is 63.1 Å². The van der Waals surface area contributed by atoms with Crippen LogP contribution in [0.15, 0.2) is 22.5 Å². The fourth-order valence-corrected chi connectivity index (χ4v) is 4.71. The van der Waals surface area contributed by atoms with Gasteiger partial charge < -0.3 is 10.2 Å². The van der Waals surface area contributed by atoms with Crippen LogP contribution in [0.3, 0.4) is 0 Å². The van der Waals surface area contributed by atoms with Crippen LogP contribution in [0.5, 0.6) is 0 Å². The molecule has 0 spiro atoms. The van der Waals surface area contributed by atoms with Gasteiger partial charge in [-0.3, -0.25) is 9.89 Å². The van der Waals surface area contributed by atoms with E-state index in [2.05, 4.69) is 46.5 Å². The quantitative estimate of drug-likeness (QED) is 0.633. The van der Waals surface area contributed by atoms with Crippen LogP contribution in [0, 0.1) is 5.92 Å². The van der Waals surface area contributed by atoms with Crippen LogP contribution in [0.2, 0.25) is 0 Å². The lowest BCUT2D eigenvalue weighted by Gasteiger charge is -2.25. The Bertz CT molecular complexity index is 507. The summed E-state index contributed by atoms with van der Waals surface area (Å²) in [6.07, 6.45) is 5.18. The largest absolute Gasteiger partial charge is 0.357 e. The molecule has 2 atom stereocenters. The molecule has 0 radical (unpaired) electrons. The van der Waals surface area contributed by atoms with Gasteiger partial charge >= 0.3 is 0 Å². The van der Waals surface area contributed by atoms with Crippen molar-refractivity contribution in [1.29, 1.82) is 0 Å². The average molecular weight is 349 g/mol. The van der Waals surface area contributed by atoms with Crippen LogP contribution in [-0.4, -0.2) is 61.1 Å². The minimum atomic E-state index is 0.592. The van der Waals surface area contributed by atoms with Crippen LogP contribution in [-0.2, 0) is 6.42 Å². The van der Waals surface area contributed by atoms with Crippen LogP contribution >= 0.6 is 11.3 Å². The van der Waals surface area contributed by atoms with Crippen molar-refractivity contribution in [2.24, 2.45) is 10.9 Å². The third-order valence-corrected chi connectivity index (χ3v) is 6.04. The number of hydrogen-bond donors (Lipinski definition) is 1. The number of nitrogens with one attached hydrogen (secondary N) is 1. The highest BCUT2D eigenvalue weighted by molar-refractivity contribution is 7.09. The van der Waals surface area contributed by atoms with Crippen molar-refractivity contribution in [2.75, 3.05) is 39.3 Å². The average Bonchev–Trinajstić information content (AvgIpc) is 3.32. The van der Waals surface area contributed by atoms with Crippen molar-refractivity contribution >= 4 is 17.3 Å². The molecule has 2 unspecified atom stereocenters. The lowest BCUT2D eigenvalue weighted by Crippen LogP contribution is -2.43. The molecule has 0 aliphatic carbocycles. The normalized spacial score (nSPS) is 23.8. The Morgan fingerprint density at radius 1 is 1.38 bits per heavy atom. The summed E-state index contributed by atoms with van der Waals surface area (Å²) in [7, 11) is 0. The molecule has 2 aliphatic rings. The molecule has 24 heavy (non-hydrogen) atoms. The smallest absolute Gasteiger partial charge is 0.193 e. The van der Waals surface area contributed by atoms with Crippen molar-refractivity contribution < 1.29 is 0 Å². The van der Waals surface area contributed by atoms with Gasteiger partial charge in [-0.25, -0.2) is 0 Å². The van der Waals surface area contributed by atoms with Gasteiger partial charge in [0.15, 0.2) is 5.96 Å². The molecule has 5 heteroatoms. The summed E-state index contributed by atoms with van der Waals surface area (Å²) in [6.45, 7) is 11.2.